The van der Waals surface area contributed by atoms with E-state index < -0.39 is 15.8 Å². The molecule has 1 aliphatic rings. The molecule has 0 aromatic rings. The van der Waals surface area contributed by atoms with Crippen molar-refractivity contribution in [1.82, 2.24) is 10.2 Å². The number of carbonyl (C=O) groups excluding carboxylic acids is 1. The summed E-state index contributed by atoms with van der Waals surface area (Å²) in [4.78, 5) is 23.6. The molecule has 1 heterocycles. The third kappa shape index (κ3) is 4.61. The van der Waals surface area contributed by atoms with E-state index in [9.17, 15) is 18.0 Å². The first-order valence-electron chi connectivity index (χ1n) is 5.77. The van der Waals surface area contributed by atoms with E-state index in [2.05, 4.69) is 5.32 Å². The largest absolute Gasteiger partial charge is 0.480 e. The number of hydrogen-bond acceptors (Lipinski definition) is 5. The second-order valence-corrected chi connectivity index (χ2v) is 6.54. The van der Waals surface area contributed by atoms with Gasteiger partial charge >= 0.3 is 5.97 Å². The lowest BCUT2D eigenvalue weighted by atomic mass is 10.2. The maximum absolute atomic E-state index is 11.5. The molecule has 1 aliphatic heterocycles. The first-order valence-corrected chi connectivity index (χ1v) is 7.59. The number of carbonyl (C=O) groups is 2. The number of likely N-dealkylation sites (N-methyl/N-ethyl adjacent to an activating group) is 1. The van der Waals surface area contributed by atoms with Crippen LogP contribution in [0.3, 0.4) is 0 Å². The van der Waals surface area contributed by atoms with Gasteiger partial charge < -0.3 is 10.4 Å². The monoisotopic (exact) mass is 278 g/mol. The highest BCUT2D eigenvalue weighted by Crippen LogP contribution is 2.17. The van der Waals surface area contributed by atoms with Gasteiger partial charge in [0.05, 0.1) is 24.6 Å². The van der Waals surface area contributed by atoms with Crippen LogP contribution < -0.4 is 5.32 Å². The number of carboxylic acids is 1. The van der Waals surface area contributed by atoms with Crippen LogP contribution in [0.1, 0.15) is 13.3 Å². The van der Waals surface area contributed by atoms with Gasteiger partial charge in [-0.1, -0.05) is 0 Å². The molecule has 104 valence electrons. The topological polar surface area (TPSA) is 104 Å². The van der Waals surface area contributed by atoms with Crippen molar-refractivity contribution in [2.24, 2.45) is 0 Å². The lowest BCUT2D eigenvalue weighted by molar-refractivity contribution is -0.139. The van der Waals surface area contributed by atoms with Gasteiger partial charge in [0.15, 0.2) is 9.84 Å². The fourth-order valence-corrected chi connectivity index (χ4v) is 3.75. The van der Waals surface area contributed by atoms with Gasteiger partial charge in [0.25, 0.3) is 0 Å². The average Bonchev–Trinajstić information content (AvgIpc) is 2.57. The van der Waals surface area contributed by atoms with Gasteiger partial charge in [-0.2, -0.15) is 0 Å². The SMILES string of the molecule is CCNC(=O)CN(CC(=O)O)C1CCS(=O)(=O)C1. The minimum Gasteiger partial charge on any atom is -0.480 e. The average molecular weight is 278 g/mol. The molecule has 0 bridgehead atoms. The number of aliphatic carboxylic acids is 1. The zero-order valence-corrected chi connectivity index (χ0v) is 11.1. The predicted octanol–water partition coefficient (Wildman–Crippen LogP) is -1.30. The molecular formula is C10H18N2O5S. The fourth-order valence-electron chi connectivity index (χ4n) is 1.99. The highest BCUT2D eigenvalue weighted by atomic mass is 32.2. The molecule has 0 spiro atoms. The van der Waals surface area contributed by atoms with Crippen LogP contribution in [0.4, 0.5) is 0 Å². The van der Waals surface area contributed by atoms with Crippen LogP contribution >= 0.6 is 0 Å². The molecule has 0 saturated carbocycles. The minimum absolute atomic E-state index is 0.0587. The Morgan fingerprint density at radius 3 is 2.50 bits per heavy atom. The molecule has 1 saturated heterocycles. The molecule has 1 atom stereocenters. The first-order chi connectivity index (χ1) is 8.34. The zero-order chi connectivity index (χ0) is 13.8. The summed E-state index contributed by atoms with van der Waals surface area (Å²) in [7, 11) is -3.09. The molecular weight excluding hydrogens is 260 g/mol. The molecule has 0 aliphatic carbocycles. The van der Waals surface area contributed by atoms with Crippen LogP contribution in [0, 0.1) is 0 Å². The van der Waals surface area contributed by atoms with E-state index in [0.29, 0.717) is 13.0 Å². The Labute approximate surface area is 106 Å². The van der Waals surface area contributed by atoms with Crippen LogP contribution in [0.5, 0.6) is 0 Å². The molecule has 8 heteroatoms. The summed E-state index contributed by atoms with van der Waals surface area (Å²) in [6.45, 7) is 1.82. The summed E-state index contributed by atoms with van der Waals surface area (Å²) in [5.74, 6) is -1.37. The van der Waals surface area contributed by atoms with Crippen LogP contribution in [0.2, 0.25) is 0 Å². The van der Waals surface area contributed by atoms with Gasteiger partial charge in [-0.3, -0.25) is 14.5 Å². The third-order valence-electron chi connectivity index (χ3n) is 2.78. The van der Waals surface area contributed by atoms with Gasteiger partial charge in [-0.15, -0.1) is 0 Å². The minimum atomic E-state index is -3.09. The predicted molar refractivity (Wildman–Crippen MR) is 65.0 cm³/mol. The van der Waals surface area contributed by atoms with E-state index in [1.165, 1.54) is 4.90 Å². The molecule has 0 aromatic heterocycles. The molecule has 1 amide bonds. The molecule has 7 nitrogen and oxygen atoms in total. The van der Waals surface area contributed by atoms with Crippen molar-refractivity contribution in [3.8, 4) is 0 Å². The van der Waals surface area contributed by atoms with Gasteiger partial charge in [-0.25, -0.2) is 8.42 Å². The number of nitrogens with one attached hydrogen (secondary N) is 1. The molecule has 1 fully saturated rings. The molecule has 1 unspecified atom stereocenters. The Kier molecular flexibility index (Phi) is 5.09. The molecule has 18 heavy (non-hydrogen) atoms. The van der Waals surface area contributed by atoms with Crippen molar-refractivity contribution in [3.05, 3.63) is 0 Å². The smallest absolute Gasteiger partial charge is 0.317 e. The van der Waals surface area contributed by atoms with Crippen LogP contribution in [0.15, 0.2) is 0 Å². The molecule has 1 rings (SSSR count). The van der Waals surface area contributed by atoms with Crippen LogP contribution in [-0.2, 0) is 19.4 Å². The second-order valence-electron chi connectivity index (χ2n) is 4.31. The standard InChI is InChI=1S/C10H18N2O5S/c1-2-11-9(13)5-12(6-10(14)15)8-3-4-18(16,17)7-8/h8H,2-7H2,1H3,(H,11,13)(H,14,15). The van der Waals surface area contributed by atoms with Crippen molar-refractivity contribution in [2.75, 3.05) is 31.1 Å². The number of nitrogens with zero attached hydrogens (tertiary/aromatic N) is 1. The molecule has 0 aromatic carbocycles. The van der Waals surface area contributed by atoms with E-state index in [0.717, 1.165) is 0 Å². The Hall–Kier alpha value is -1.15. The maximum atomic E-state index is 11.5. The Balaban J connectivity index is 2.67. The normalized spacial score (nSPS) is 22.0. The Morgan fingerprint density at radius 1 is 1.39 bits per heavy atom. The van der Waals surface area contributed by atoms with Gasteiger partial charge in [0, 0.05) is 12.6 Å². The zero-order valence-electron chi connectivity index (χ0n) is 10.3. The first kappa shape index (κ1) is 14.9. The number of sulfone groups is 1. The fraction of sp³-hybridized carbons (Fsp3) is 0.800. The summed E-state index contributed by atoms with van der Waals surface area (Å²) in [6.07, 6.45) is 0.384. The van der Waals surface area contributed by atoms with Crippen molar-refractivity contribution in [1.29, 1.82) is 0 Å². The summed E-state index contributed by atoms with van der Waals surface area (Å²) in [6, 6.07) is -0.381. The van der Waals surface area contributed by atoms with E-state index in [-0.39, 0.29) is 36.5 Å². The van der Waals surface area contributed by atoms with Crippen molar-refractivity contribution < 1.29 is 23.1 Å². The quantitative estimate of drug-likeness (QED) is 0.625. The summed E-state index contributed by atoms with van der Waals surface area (Å²) >= 11 is 0. The number of carboxylic acid groups (broad SMARTS) is 1. The summed E-state index contributed by atoms with van der Waals surface area (Å²) in [5, 5.41) is 11.4. The number of amides is 1. The van der Waals surface area contributed by atoms with Gasteiger partial charge in [0.1, 0.15) is 0 Å². The third-order valence-corrected chi connectivity index (χ3v) is 4.53. The van der Waals surface area contributed by atoms with Crippen molar-refractivity contribution in [2.45, 2.75) is 19.4 Å². The summed E-state index contributed by atoms with van der Waals surface area (Å²) < 4.78 is 22.7. The van der Waals surface area contributed by atoms with Gasteiger partial charge in [0.2, 0.25) is 5.91 Å². The Morgan fingerprint density at radius 2 is 2.06 bits per heavy atom. The maximum Gasteiger partial charge on any atom is 0.317 e. The lowest BCUT2D eigenvalue weighted by Crippen LogP contribution is -2.45. The van der Waals surface area contributed by atoms with E-state index in [4.69, 9.17) is 5.11 Å². The number of rotatable bonds is 6. The highest BCUT2D eigenvalue weighted by Gasteiger charge is 2.33. The van der Waals surface area contributed by atoms with Gasteiger partial charge in [-0.05, 0) is 13.3 Å². The Bertz CT molecular complexity index is 420. The second kappa shape index (κ2) is 6.14. The summed E-state index contributed by atoms with van der Waals surface area (Å²) in [5.41, 5.74) is 0. The van der Waals surface area contributed by atoms with Crippen LogP contribution in [0.25, 0.3) is 0 Å². The number of hydrogen-bond donors (Lipinski definition) is 2. The molecule has 0 radical (unpaired) electrons. The van der Waals surface area contributed by atoms with Crippen molar-refractivity contribution >= 4 is 21.7 Å². The highest BCUT2D eigenvalue weighted by molar-refractivity contribution is 7.91. The van der Waals surface area contributed by atoms with E-state index >= 15 is 0 Å². The van der Waals surface area contributed by atoms with Crippen molar-refractivity contribution in [3.63, 3.8) is 0 Å². The van der Waals surface area contributed by atoms with E-state index in [1.54, 1.807) is 6.92 Å². The van der Waals surface area contributed by atoms with Crippen LogP contribution in [-0.4, -0.2) is 67.5 Å². The molecule has 2 N–H and O–H groups in total. The lowest BCUT2D eigenvalue weighted by Gasteiger charge is -2.25. The van der Waals surface area contributed by atoms with E-state index in [1.807, 2.05) is 0 Å².